The molecular formula is C29H26FN5O5. The topological polar surface area (TPSA) is 138 Å². The van der Waals surface area contributed by atoms with Gasteiger partial charge in [-0.25, -0.2) is 14.2 Å². The molecule has 2 heterocycles. The van der Waals surface area contributed by atoms with Crippen LogP contribution in [0.15, 0.2) is 75.3 Å². The molecule has 1 amide bonds. The molecule has 0 saturated carbocycles. The number of methoxy groups -OCH3 is 1. The number of carboxylic acids is 1. The number of aliphatic imine (C=N–C) groups is 1. The van der Waals surface area contributed by atoms with Gasteiger partial charge in [-0.3, -0.25) is 10.1 Å². The van der Waals surface area contributed by atoms with E-state index in [1.54, 1.807) is 6.92 Å². The Bertz CT molecular complexity index is 1730. The van der Waals surface area contributed by atoms with Crippen molar-refractivity contribution in [2.45, 2.75) is 26.8 Å². The molecule has 204 valence electrons. The van der Waals surface area contributed by atoms with E-state index >= 15 is 0 Å². The average Bonchev–Trinajstić information content (AvgIpc) is 3.29. The van der Waals surface area contributed by atoms with Crippen molar-refractivity contribution in [2.24, 2.45) is 4.99 Å². The molecule has 0 saturated heterocycles. The van der Waals surface area contributed by atoms with E-state index in [0.29, 0.717) is 22.5 Å². The van der Waals surface area contributed by atoms with Gasteiger partial charge >= 0.3 is 12.0 Å². The fourth-order valence-corrected chi connectivity index (χ4v) is 4.57. The number of aromatic carboxylic acids is 1. The maximum absolute atomic E-state index is 13.7. The molecule has 0 aliphatic carbocycles. The Morgan fingerprint density at radius 3 is 2.60 bits per heavy atom. The number of hydrogen-bond donors (Lipinski definition) is 4. The number of aryl methyl sites for hydroxylation is 2. The number of ether oxygens (including phenoxy) is 1. The highest BCUT2D eigenvalue weighted by atomic mass is 19.1. The van der Waals surface area contributed by atoms with E-state index in [0.717, 1.165) is 16.7 Å². The zero-order valence-electron chi connectivity index (χ0n) is 22.1. The summed E-state index contributed by atoms with van der Waals surface area (Å²) < 4.78 is 24.6. The van der Waals surface area contributed by atoms with Crippen LogP contribution in [0.25, 0.3) is 11.1 Å². The van der Waals surface area contributed by atoms with Crippen LogP contribution in [-0.4, -0.2) is 35.0 Å². The third-order valence-corrected chi connectivity index (χ3v) is 6.48. The lowest BCUT2D eigenvalue weighted by molar-refractivity contribution is -0.113. The van der Waals surface area contributed by atoms with Gasteiger partial charge in [0.2, 0.25) is 5.96 Å². The SMILES string of the molecule is COc1ccc(C(=O)O)cc1NC(=O)C1=C(C)NC(Nc2nc3ccc(F)cc3o2)=NC1c1ccc(C)cc1C. The van der Waals surface area contributed by atoms with E-state index in [2.05, 4.69) is 20.9 Å². The lowest BCUT2D eigenvalue weighted by Gasteiger charge is -2.27. The van der Waals surface area contributed by atoms with Crippen molar-refractivity contribution < 1.29 is 28.2 Å². The van der Waals surface area contributed by atoms with Crippen LogP contribution in [0.3, 0.4) is 0 Å². The Hall–Kier alpha value is -5.19. The number of oxazole rings is 1. The number of allylic oxidation sites excluding steroid dienone is 1. The number of halogens is 1. The maximum atomic E-state index is 13.7. The lowest BCUT2D eigenvalue weighted by atomic mass is 9.91. The fourth-order valence-electron chi connectivity index (χ4n) is 4.57. The number of benzene rings is 3. The third kappa shape index (κ3) is 5.21. The molecule has 0 bridgehead atoms. The van der Waals surface area contributed by atoms with Gasteiger partial charge in [0.05, 0.1) is 23.9 Å². The molecule has 1 aromatic heterocycles. The molecule has 4 N–H and O–H groups in total. The van der Waals surface area contributed by atoms with Crippen LogP contribution < -0.4 is 20.7 Å². The summed E-state index contributed by atoms with van der Waals surface area (Å²) in [4.78, 5) is 34.4. The number of carbonyl (C=O) groups is 2. The maximum Gasteiger partial charge on any atom is 0.335 e. The summed E-state index contributed by atoms with van der Waals surface area (Å²) in [6, 6.07) is 13.5. The minimum Gasteiger partial charge on any atom is -0.495 e. The van der Waals surface area contributed by atoms with Gasteiger partial charge < -0.3 is 24.9 Å². The predicted octanol–water partition coefficient (Wildman–Crippen LogP) is 5.32. The van der Waals surface area contributed by atoms with Crippen molar-refractivity contribution in [1.82, 2.24) is 10.3 Å². The first-order valence-electron chi connectivity index (χ1n) is 12.3. The molecule has 1 atom stereocenters. The number of carboxylic acid groups (broad SMARTS) is 1. The molecule has 40 heavy (non-hydrogen) atoms. The lowest BCUT2D eigenvalue weighted by Crippen LogP contribution is -2.37. The van der Waals surface area contributed by atoms with E-state index in [9.17, 15) is 19.1 Å². The number of rotatable bonds is 6. The smallest absolute Gasteiger partial charge is 0.335 e. The van der Waals surface area contributed by atoms with Crippen LogP contribution >= 0.6 is 0 Å². The first kappa shape index (κ1) is 26.4. The molecule has 4 aromatic rings. The van der Waals surface area contributed by atoms with Crippen LogP contribution in [0.5, 0.6) is 5.75 Å². The second-order valence-corrected chi connectivity index (χ2v) is 9.33. The number of anilines is 2. The van der Waals surface area contributed by atoms with E-state index in [1.807, 2.05) is 32.0 Å². The Labute approximate surface area is 228 Å². The van der Waals surface area contributed by atoms with Gasteiger partial charge in [-0.1, -0.05) is 23.8 Å². The normalized spacial score (nSPS) is 14.9. The van der Waals surface area contributed by atoms with Crippen LogP contribution in [0.4, 0.5) is 16.1 Å². The van der Waals surface area contributed by atoms with E-state index in [1.165, 1.54) is 43.5 Å². The molecule has 0 spiro atoms. The van der Waals surface area contributed by atoms with Gasteiger partial charge in [-0.15, -0.1) is 0 Å². The van der Waals surface area contributed by atoms with Crippen LogP contribution in [0.2, 0.25) is 0 Å². The first-order chi connectivity index (χ1) is 19.1. The molecule has 0 fully saturated rings. The van der Waals surface area contributed by atoms with Crippen molar-refractivity contribution in [3.63, 3.8) is 0 Å². The van der Waals surface area contributed by atoms with Crippen LogP contribution in [0, 0.1) is 19.7 Å². The van der Waals surface area contributed by atoms with E-state index in [4.69, 9.17) is 14.1 Å². The summed E-state index contributed by atoms with van der Waals surface area (Å²) in [5.74, 6) is -1.49. The Balaban J connectivity index is 1.52. The summed E-state index contributed by atoms with van der Waals surface area (Å²) in [5, 5.41) is 18.3. The Morgan fingerprint density at radius 2 is 1.88 bits per heavy atom. The van der Waals surface area contributed by atoms with Crippen LogP contribution in [-0.2, 0) is 4.79 Å². The fraction of sp³-hybridized carbons (Fsp3) is 0.172. The highest BCUT2D eigenvalue weighted by molar-refractivity contribution is 6.08. The monoisotopic (exact) mass is 543 g/mol. The number of nitrogens with zero attached hydrogens (tertiary/aromatic N) is 2. The molecule has 0 radical (unpaired) electrons. The molecule has 11 heteroatoms. The zero-order valence-corrected chi connectivity index (χ0v) is 22.1. The molecule has 3 aromatic carbocycles. The molecule has 10 nitrogen and oxygen atoms in total. The van der Waals surface area contributed by atoms with Gasteiger partial charge in [0, 0.05) is 11.8 Å². The molecule has 1 aliphatic rings. The average molecular weight is 544 g/mol. The molecule has 5 rings (SSSR count). The predicted molar refractivity (Wildman–Crippen MR) is 148 cm³/mol. The zero-order chi connectivity index (χ0) is 28.6. The number of carbonyl (C=O) groups excluding carboxylic acids is 1. The number of nitrogens with one attached hydrogen (secondary N) is 3. The minimum atomic E-state index is -1.14. The first-order valence-corrected chi connectivity index (χ1v) is 12.3. The van der Waals surface area contributed by atoms with Crippen LogP contribution in [0.1, 0.15) is 40.0 Å². The molecule has 1 aliphatic heterocycles. The largest absolute Gasteiger partial charge is 0.495 e. The van der Waals surface area contributed by atoms with E-state index in [-0.39, 0.29) is 28.8 Å². The van der Waals surface area contributed by atoms with Crippen molar-refractivity contribution in [3.8, 4) is 5.75 Å². The summed E-state index contributed by atoms with van der Waals surface area (Å²) in [5.41, 5.74) is 4.54. The second kappa shape index (κ2) is 10.5. The molecule has 1 unspecified atom stereocenters. The molecular weight excluding hydrogens is 517 g/mol. The number of guanidine groups is 1. The van der Waals surface area contributed by atoms with E-state index < -0.39 is 23.7 Å². The van der Waals surface area contributed by atoms with Gasteiger partial charge in [-0.05, 0) is 62.2 Å². The number of amides is 1. The van der Waals surface area contributed by atoms with Gasteiger partial charge in [0.25, 0.3) is 5.91 Å². The Morgan fingerprint density at radius 1 is 1.07 bits per heavy atom. The minimum absolute atomic E-state index is 0.00257. The van der Waals surface area contributed by atoms with Gasteiger partial charge in [0.1, 0.15) is 23.1 Å². The standard InChI is InChI=1S/C29H26FN5O5/c1-14-5-8-19(15(2)11-14)25-24(26(36)32-21-12-17(27(37)38)6-10-22(21)39-4)16(3)31-28(34-25)35-29-33-20-9-7-18(30)13-23(20)40-29/h5-13,25H,1-4H3,(H,32,36)(H,37,38)(H2,31,33,34,35). The Kier molecular flexibility index (Phi) is 6.95. The van der Waals surface area contributed by atoms with Gasteiger partial charge in [0.15, 0.2) is 5.58 Å². The van der Waals surface area contributed by atoms with Crippen molar-refractivity contribution in [3.05, 3.63) is 93.9 Å². The summed E-state index contributed by atoms with van der Waals surface area (Å²) >= 11 is 0. The van der Waals surface area contributed by atoms with Crippen molar-refractivity contribution >= 4 is 40.6 Å². The summed E-state index contributed by atoms with van der Waals surface area (Å²) in [7, 11) is 1.43. The second-order valence-electron chi connectivity index (χ2n) is 9.33. The van der Waals surface area contributed by atoms with Crippen molar-refractivity contribution in [1.29, 1.82) is 0 Å². The summed E-state index contributed by atoms with van der Waals surface area (Å²) in [6.45, 7) is 5.64. The third-order valence-electron chi connectivity index (χ3n) is 6.48. The quantitative estimate of drug-likeness (QED) is 0.257. The van der Waals surface area contributed by atoms with Gasteiger partial charge in [-0.2, -0.15) is 4.98 Å². The summed E-state index contributed by atoms with van der Waals surface area (Å²) in [6.07, 6.45) is 0. The van der Waals surface area contributed by atoms with Crippen molar-refractivity contribution in [2.75, 3.05) is 17.7 Å². The number of hydrogen-bond acceptors (Lipinski definition) is 8. The number of aromatic nitrogens is 1. The number of fused-ring (bicyclic) bond motifs is 1. The highest BCUT2D eigenvalue weighted by Gasteiger charge is 2.31. The highest BCUT2D eigenvalue weighted by Crippen LogP contribution is 2.35.